The van der Waals surface area contributed by atoms with Crippen molar-refractivity contribution in [2.24, 2.45) is 0 Å². The largest absolute Gasteiger partial charge is 0.397 e. The minimum absolute atomic E-state index is 0.119. The lowest BCUT2D eigenvalue weighted by atomic mass is 10.2. The Morgan fingerprint density at radius 2 is 1.95 bits per heavy atom. The van der Waals surface area contributed by atoms with Gasteiger partial charge in [-0.25, -0.2) is 0 Å². The number of nitrogens with zero attached hydrogens (tertiary/aromatic N) is 1. The second-order valence-corrected chi connectivity index (χ2v) is 5.08. The van der Waals surface area contributed by atoms with E-state index in [2.05, 4.69) is 10.6 Å². The number of amides is 2. The number of hydrogen-bond acceptors (Lipinski definition) is 4. The molecule has 0 bridgehead atoms. The quantitative estimate of drug-likeness (QED) is 0.663. The second kappa shape index (κ2) is 8.49. The van der Waals surface area contributed by atoms with E-state index < -0.39 is 0 Å². The Labute approximate surface area is 129 Å². The summed E-state index contributed by atoms with van der Waals surface area (Å²) in [5, 5.41) is 5.73. The molecule has 7 heteroatoms. The van der Waals surface area contributed by atoms with Gasteiger partial charge in [-0.2, -0.15) is 0 Å². The fourth-order valence-corrected chi connectivity index (χ4v) is 1.96. The SMILES string of the molecule is CCCN(CC(=O)NC)CC(=O)Nc1ccc(Cl)c(N)c1. The van der Waals surface area contributed by atoms with Crippen molar-refractivity contribution in [3.05, 3.63) is 23.2 Å². The molecule has 0 unspecified atom stereocenters. The Hall–Kier alpha value is -1.79. The van der Waals surface area contributed by atoms with Crippen LogP contribution in [0.15, 0.2) is 18.2 Å². The highest BCUT2D eigenvalue weighted by atomic mass is 35.5. The fourth-order valence-electron chi connectivity index (χ4n) is 1.84. The molecule has 0 saturated heterocycles. The summed E-state index contributed by atoms with van der Waals surface area (Å²) in [6.45, 7) is 3.00. The van der Waals surface area contributed by atoms with Gasteiger partial charge in [-0.3, -0.25) is 14.5 Å². The first-order chi connectivity index (χ1) is 9.96. The van der Waals surface area contributed by atoms with Crippen LogP contribution in [0.2, 0.25) is 5.02 Å². The molecule has 1 rings (SSSR count). The molecule has 0 fully saturated rings. The van der Waals surface area contributed by atoms with Crippen LogP contribution in [-0.2, 0) is 9.59 Å². The van der Waals surface area contributed by atoms with Crippen LogP contribution in [-0.4, -0.2) is 43.4 Å². The summed E-state index contributed by atoms with van der Waals surface area (Å²) < 4.78 is 0. The highest BCUT2D eigenvalue weighted by Gasteiger charge is 2.13. The highest BCUT2D eigenvalue weighted by molar-refractivity contribution is 6.33. The Balaban J connectivity index is 2.60. The normalized spacial score (nSPS) is 10.5. The molecule has 1 aromatic rings. The highest BCUT2D eigenvalue weighted by Crippen LogP contribution is 2.22. The van der Waals surface area contributed by atoms with Crippen LogP contribution >= 0.6 is 11.6 Å². The van der Waals surface area contributed by atoms with Crippen LogP contribution in [0.5, 0.6) is 0 Å². The number of nitrogens with two attached hydrogens (primary N) is 1. The average Bonchev–Trinajstić information content (AvgIpc) is 2.43. The predicted molar refractivity (Wildman–Crippen MR) is 85.3 cm³/mol. The number of benzene rings is 1. The molecule has 0 heterocycles. The molecule has 6 nitrogen and oxygen atoms in total. The molecule has 0 aliphatic rings. The molecule has 21 heavy (non-hydrogen) atoms. The Bertz CT molecular complexity index is 508. The smallest absolute Gasteiger partial charge is 0.238 e. The van der Waals surface area contributed by atoms with Gasteiger partial charge in [0.15, 0.2) is 0 Å². The van der Waals surface area contributed by atoms with Gasteiger partial charge in [0.25, 0.3) is 0 Å². The van der Waals surface area contributed by atoms with Gasteiger partial charge in [0.2, 0.25) is 11.8 Å². The number of carbonyl (C=O) groups excluding carboxylic acids is 2. The zero-order valence-corrected chi connectivity index (χ0v) is 13.0. The summed E-state index contributed by atoms with van der Waals surface area (Å²) in [4.78, 5) is 25.2. The van der Waals surface area contributed by atoms with Gasteiger partial charge >= 0.3 is 0 Å². The van der Waals surface area contributed by atoms with Crippen LogP contribution in [0.25, 0.3) is 0 Å². The van der Waals surface area contributed by atoms with Gasteiger partial charge in [-0.1, -0.05) is 18.5 Å². The predicted octanol–water partition coefficient (Wildman–Crippen LogP) is 1.32. The maximum Gasteiger partial charge on any atom is 0.238 e. The lowest BCUT2D eigenvalue weighted by Crippen LogP contribution is -2.40. The number of halogens is 1. The fraction of sp³-hybridized carbons (Fsp3) is 0.429. The zero-order chi connectivity index (χ0) is 15.8. The molecule has 0 atom stereocenters. The number of rotatable bonds is 7. The summed E-state index contributed by atoms with van der Waals surface area (Å²) in [5.74, 6) is -0.318. The van der Waals surface area contributed by atoms with Crippen LogP contribution in [0.4, 0.5) is 11.4 Å². The lowest BCUT2D eigenvalue weighted by molar-refractivity contribution is -0.123. The van der Waals surface area contributed by atoms with Crippen molar-refractivity contribution >= 4 is 34.8 Å². The van der Waals surface area contributed by atoms with Crippen LogP contribution < -0.4 is 16.4 Å². The first-order valence-corrected chi connectivity index (χ1v) is 7.11. The Kier molecular flexibility index (Phi) is 6.98. The van der Waals surface area contributed by atoms with Crippen molar-refractivity contribution in [2.45, 2.75) is 13.3 Å². The van der Waals surface area contributed by atoms with Crippen molar-refractivity contribution in [3.63, 3.8) is 0 Å². The van der Waals surface area contributed by atoms with Crippen LogP contribution in [0.3, 0.4) is 0 Å². The minimum atomic E-state index is -0.200. The maximum atomic E-state index is 12.0. The van der Waals surface area contributed by atoms with Crippen molar-refractivity contribution in [2.75, 3.05) is 37.7 Å². The third kappa shape index (κ3) is 6.01. The van der Waals surface area contributed by atoms with E-state index in [1.807, 2.05) is 6.92 Å². The maximum absolute atomic E-state index is 12.0. The molecule has 1 aromatic carbocycles. The molecule has 4 N–H and O–H groups in total. The molecule has 116 valence electrons. The number of carbonyl (C=O) groups is 2. The molecule has 0 aliphatic carbocycles. The van der Waals surface area contributed by atoms with Gasteiger partial charge in [0.1, 0.15) is 0 Å². The third-order valence-electron chi connectivity index (χ3n) is 2.83. The van der Waals surface area contributed by atoms with Crippen LogP contribution in [0, 0.1) is 0 Å². The van der Waals surface area contributed by atoms with E-state index in [-0.39, 0.29) is 24.9 Å². The number of hydrogen-bond donors (Lipinski definition) is 3. The van der Waals surface area contributed by atoms with E-state index in [1.165, 1.54) is 0 Å². The van der Waals surface area contributed by atoms with Crippen LogP contribution in [0.1, 0.15) is 13.3 Å². The first-order valence-electron chi connectivity index (χ1n) is 6.74. The number of nitrogens with one attached hydrogen (secondary N) is 2. The summed E-state index contributed by atoms with van der Waals surface area (Å²) in [6, 6.07) is 4.91. The van der Waals surface area contributed by atoms with E-state index in [1.54, 1.807) is 30.1 Å². The third-order valence-corrected chi connectivity index (χ3v) is 3.18. The van der Waals surface area contributed by atoms with Gasteiger partial charge in [-0.15, -0.1) is 0 Å². The minimum Gasteiger partial charge on any atom is -0.397 e. The summed E-state index contributed by atoms with van der Waals surface area (Å²) in [7, 11) is 1.57. The van der Waals surface area contributed by atoms with E-state index >= 15 is 0 Å². The molecular weight excluding hydrogens is 292 g/mol. The topological polar surface area (TPSA) is 87.5 Å². The van der Waals surface area contributed by atoms with Gasteiger partial charge in [0, 0.05) is 12.7 Å². The Morgan fingerprint density at radius 3 is 2.52 bits per heavy atom. The van der Waals surface area contributed by atoms with Crippen molar-refractivity contribution in [3.8, 4) is 0 Å². The van der Waals surface area contributed by atoms with E-state index in [4.69, 9.17) is 17.3 Å². The Morgan fingerprint density at radius 1 is 1.29 bits per heavy atom. The summed E-state index contributed by atoms with van der Waals surface area (Å²) in [5.41, 5.74) is 6.67. The van der Waals surface area contributed by atoms with Crippen molar-refractivity contribution in [1.82, 2.24) is 10.2 Å². The zero-order valence-electron chi connectivity index (χ0n) is 12.3. The van der Waals surface area contributed by atoms with Crippen molar-refractivity contribution in [1.29, 1.82) is 0 Å². The van der Waals surface area contributed by atoms with Crippen molar-refractivity contribution < 1.29 is 9.59 Å². The van der Waals surface area contributed by atoms with E-state index in [0.29, 0.717) is 22.9 Å². The van der Waals surface area contributed by atoms with E-state index in [0.717, 1.165) is 6.42 Å². The second-order valence-electron chi connectivity index (χ2n) is 4.67. The number of nitrogen functional groups attached to an aromatic ring is 1. The standard InChI is InChI=1S/C14H21ClN4O2/c1-3-6-19(8-13(20)17-2)9-14(21)18-10-4-5-11(15)12(16)7-10/h4-5,7H,3,6,8-9,16H2,1-2H3,(H,17,20)(H,18,21). The molecule has 0 aliphatic heterocycles. The first kappa shape index (κ1) is 17.3. The molecule has 0 radical (unpaired) electrons. The molecule has 0 spiro atoms. The number of likely N-dealkylation sites (N-methyl/N-ethyl adjacent to an activating group) is 1. The monoisotopic (exact) mass is 312 g/mol. The average molecular weight is 313 g/mol. The number of anilines is 2. The molecule has 0 saturated carbocycles. The van der Waals surface area contributed by atoms with Gasteiger partial charge in [0.05, 0.1) is 23.8 Å². The molecule has 2 amide bonds. The van der Waals surface area contributed by atoms with E-state index in [9.17, 15) is 9.59 Å². The van der Waals surface area contributed by atoms with Gasteiger partial charge < -0.3 is 16.4 Å². The molecule has 0 aromatic heterocycles. The molecular formula is C14H21ClN4O2. The lowest BCUT2D eigenvalue weighted by Gasteiger charge is -2.20. The van der Waals surface area contributed by atoms with Gasteiger partial charge in [-0.05, 0) is 31.2 Å². The summed E-state index contributed by atoms with van der Waals surface area (Å²) >= 11 is 5.83. The summed E-state index contributed by atoms with van der Waals surface area (Å²) in [6.07, 6.45) is 0.859.